The lowest BCUT2D eigenvalue weighted by molar-refractivity contribution is 0.122. The molecule has 1 saturated heterocycles. The van der Waals surface area contributed by atoms with E-state index < -0.39 is 0 Å². The summed E-state index contributed by atoms with van der Waals surface area (Å²) in [5.41, 5.74) is 3.56. The molecule has 0 bridgehead atoms. The highest BCUT2D eigenvalue weighted by atomic mass is 32.1. The molecule has 2 heterocycles. The van der Waals surface area contributed by atoms with Gasteiger partial charge in [-0.2, -0.15) is 5.10 Å². The molecule has 28 heavy (non-hydrogen) atoms. The largest absolute Gasteiger partial charge is 0.378 e. The second-order valence-electron chi connectivity index (χ2n) is 7.04. The van der Waals surface area contributed by atoms with Crippen LogP contribution in [-0.4, -0.2) is 52.6 Å². The molecule has 4 rings (SSSR count). The van der Waals surface area contributed by atoms with Gasteiger partial charge in [-0.1, -0.05) is 30.3 Å². The molecule has 0 amide bonds. The number of hydrogen-bond donors (Lipinski definition) is 0. The van der Waals surface area contributed by atoms with Crippen molar-refractivity contribution in [3.63, 3.8) is 0 Å². The fourth-order valence-electron chi connectivity index (χ4n) is 3.42. The van der Waals surface area contributed by atoms with E-state index in [1.807, 2.05) is 39.6 Å². The molecule has 146 valence electrons. The maximum Gasteiger partial charge on any atom is 0.203 e. The van der Waals surface area contributed by atoms with Gasteiger partial charge in [0.15, 0.2) is 0 Å². The standard InChI is InChI=1S/C21H25N5OS/c1-23(15-18-7-9-19(10-8-18)24-11-13-27-14-12-24)17-26-21(28)25(16-22-26)20-5-3-2-4-6-20/h2-10,16H,11-15,17H2,1H3. The van der Waals surface area contributed by atoms with Crippen molar-refractivity contribution in [3.8, 4) is 5.69 Å². The van der Waals surface area contributed by atoms with Crippen LogP contribution in [0.15, 0.2) is 60.9 Å². The predicted molar refractivity (Wildman–Crippen MR) is 113 cm³/mol. The Balaban J connectivity index is 1.39. The number of anilines is 1. The lowest BCUT2D eigenvalue weighted by Gasteiger charge is -2.29. The van der Waals surface area contributed by atoms with Crippen molar-refractivity contribution in [1.82, 2.24) is 19.2 Å². The molecule has 0 radical (unpaired) electrons. The highest BCUT2D eigenvalue weighted by Gasteiger charge is 2.11. The second-order valence-corrected chi connectivity index (χ2v) is 7.41. The molecule has 1 fully saturated rings. The van der Waals surface area contributed by atoms with E-state index in [0.717, 1.165) is 38.5 Å². The number of morpholine rings is 1. The summed E-state index contributed by atoms with van der Waals surface area (Å²) >= 11 is 5.60. The van der Waals surface area contributed by atoms with Gasteiger partial charge in [-0.15, -0.1) is 0 Å². The van der Waals surface area contributed by atoms with Gasteiger partial charge in [-0.25, -0.2) is 4.68 Å². The highest BCUT2D eigenvalue weighted by molar-refractivity contribution is 7.71. The van der Waals surface area contributed by atoms with E-state index in [1.54, 1.807) is 6.33 Å². The molecule has 1 aliphatic rings. The molecule has 3 aromatic rings. The Morgan fingerprint density at radius 3 is 2.43 bits per heavy atom. The van der Waals surface area contributed by atoms with E-state index >= 15 is 0 Å². The van der Waals surface area contributed by atoms with Crippen LogP contribution in [0.25, 0.3) is 5.69 Å². The minimum absolute atomic E-state index is 0.643. The molecule has 6 nitrogen and oxygen atoms in total. The zero-order chi connectivity index (χ0) is 19.3. The quantitative estimate of drug-likeness (QED) is 0.599. The van der Waals surface area contributed by atoms with Crippen LogP contribution in [0.4, 0.5) is 5.69 Å². The summed E-state index contributed by atoms with van der Waals surface area (Å²) in [4.78, 5) is 4.58. The maximum atomic E-state index is 5.60. The zero-order valence-electron chi connectivity index (χ0n) is 16.1. The number of benzene rings is 2. The van der Waals surface area contributed by atoms with Crippen LogP contribution in [0.2, 0.25) is 0 Å². The lowest BCUT2D eigenvalue weighted by Crippen LogP contribution is -2.36. The Morgan fingerprint density at radius 2 is 1.71 bits per heavy atom. The Labute approximate surface area is 170 Å². The Kier molecular flexibility index (Phi) is 5.85. The van der Waals surface area contributed by atoms with E-state index in [1.165, 1.54) is 11.3 Å². The highest BCUT2D eigenvalue weighted by Crippen LogP contribution is 2.17. The van der Waals surface area contributed by atoms with Crippen molar-refractivity contribution in [2.75, 3.05) is 38.3 Å². The van der Waals surface area contributed by atoms with Crippen molar-refractivity contribution < 1.29 is 4.74 Å². The summed E-state index contributed by atoms with van der Waals surface area (Å²) in [5.74, 6) is 0. The van der Waals surface area contributed by atoms with Gasteiger partial charge < -0.3 is 9.64 Å². The third kappa shape index (κ3) is 4.32. The fourth-order valence-corrected chi connectivity index (χ4v) is 3.68. The molecule has 0 unspecified atom stereocenters. The first kappa shape index (κ1) is 18.9. The number of hydrogen-bond acceptors (Lipinski definition) is 5. The molecule has 1 aliphatic heterocycles. The maximum absolute atomic E-state index is 5.60. The van der Waals surface area contributed by atoms with Crippen molar-refractivity contribution >= 4 is 17.9 Å². The van der Waals surface area contributed by atoms with E-state index in [2.05, 4.69) is 46.2 Å². The summed E-state index contributed by atoms with van der Waals surface area (Å²) < 4.78 is 9.90. The summed E-state index contributed by atoms with van der Waals surface area (Å²) in [6.07, 6.45) is 1.78. The SMILES string of the molecule is CN(Cc1ccc(N2CCOCC2)cc1)Cn1ncn(-c2ccccc2)c1=S. The fraction of sp³-hybridized carbons (Fsp3) is 0.333. The third-order valence-electron chi connectivity index (χ3n) is 4.91. The zero-order valence-corrected chi connectivity index (χ0v) is 16.9. The molecule has 0 atom stereocenters. The van der Waals surface area contributed by atoms with Gasteiger partial charge in [0, 0.05) is 31.0 Å². The molecule has 7 heteroatoms. The van der Waals surface area contributed by atoms with E-state index in [9.17, 15) is 0 Å². The molecule has 2 aromatic carbocycles. The van der Waals surface area contributed by atoms with Crippen LogP contribution >= 0.6 is 12.2 Å². The van der Waals surface area contributed by atoms with E-state index in [4.69, 9.17) is 17.0 Å². The van der Waals surface area contributed by atoms with E-state index in [-0.39, 0.29) is 0 Å². The number of ether oxygens (including phenoxy) is 1. The third-order valence-corrected chi connectivity index (χ3v) is 5.32. The summed E-state index contributed by atoms with van der Waals surface area (Å²) in [6, 6.07) is 18.8. The van der Waals surface area contributed by atoms with Crippen LogP contribution in [0.3, 0.4) is 0 Å². The molecule has 0 saturated carbocycles. The molecule has 0 aliphatic carbocycles. The number of para-hydroxylation sites is 1. The number of nitrogens with zero attached hydrogens (tertiary/aromatic N) is 5. The Hall–Kier alpha value is -2.48. The van der Waals surface area contributed by atoms with Gasteiger partial charge in [0.1, 0.15) is 6.33 Å². The average Bonchev–Trinajstić information content (AvgIpc) is 3.10. The molecule has 1 aromatic heterocycles. The Bertz CT molecular complexity index is 945. The minimum Gasteiger partial charge on any atom is -0.378 e. The summed E-state index contributed by atoms with van der Waals surface area (Å²) in [5, 5.41) is 4.46. The van der Waals surface area contributed by atoms with Crippen molar-refractivity contribution in [3.05, 3.63) is 71.3 Å². The van der Waals surface area contributed by atoms with Crippen molar-refractivity contribution in [1.29, 1.82) is 0 Å². The molecule has 0 N–H and O–H groups in total. The second kappa shape index (κ2) is 8.68. The van der Waals surface area contributed by atoms with Crippen LogP contribution in [0.1, 0.15) is 5.56 Å². The smallest absolute Gasteiger partial charge is 0.203 e. The first-order chi connectivity index (χ1) is 13.7. The van der Waals surface area contributed by atoms with Crippen LogP contribution in [0.5, 0.6) is 0 Å². The predicted octanol–water partition coefficient (Wildman–Crippen LogP) is 3.33. The van der Waals surface area contributed by atoms with Gasteiger partial charge in [0.25, 0.3) is 0 Å². The first-order valence-corrected chi connectivity index (χ1v) is 9.91. The van der Waals surface area contributed by atoms with Crippen LogP contribution < -0.4 is 4.90 Å². The van der Waals surface area contributed by atoms with Gasteiger partial charge >= 0.3 is 0 Å². The van der Waals surface area contributed by atoms with Crippen molar-refractivity contribution in [2.24, 2.45) is 0 Å². The average molecular weight is 396 g/mol. The summed E-state index contributed by atoms with van der Waals surface area (Å²) in [7, 11) is 2.08. The van der Waals surface area contributed by atoms with Crippen molar-refractivity contribution in [2.45, 2.75) is 13.2 Å². The van der Waals surface area contributed by atoms with Gasteiger partial charge in [0.2, 0.25) is 4.77 Å². The normalized spacial score (nSPS) is 14.6. The first-order valence-electron chi connectivity index (χ1n) is 9.51. The van der Waals surface area contributed by atoms with Gasteiger partial charge in [-0.3, -0.25) is 9.47 Å². The monoisotopic (exact) mass is 395 g/mol. The molecular weight excluding hydrogens is 370 g/mol. The minimum atomic E-state index is 0.643. The van der Waals surface area contributed by atoms with E-state index in [0.29, 0.717) is 11.4 Å². The number of rotatable bonds is 6. The topological polar surface area (TPSA) is 38.5 Å². The summed E-state index contributed by atoms with van der Waals surface area (Å²) in [6.45, 7) is 5.01. The lowest BCUT2D eigenvalue weighted by atomic mass is 10.2. The molecule has 0 spiro atoms. The number of aromatic nitrogens is 3. The Morgan fingerprint density at radius 1 is 1.00 bits per heavy atom. The van der Waals surface area contributed by atoms with Gasteiger partial charge in [-0.05, 0) is 49.1 Å². The van der Waals surface area contributed by atoms with Crippen LogP contribution in [0, 0.1) is 4.77 Å². The van der Waals surface area contributed by atoms with Crippen LogP contribution in [-0.2, 0) is 18.0 Å². The molecular formula is C21H25N5OS. The van der Waals surface area contributed by atoms with Gasteiger partial charge in [0.05, 0.1) is 19.9 Å².